The van der Waals surface area contributed by atoms with Gasteiger partial charge in [-0.3, -0.25) is 4.90 Å². The van der Waals surface area contributed by atoms with Crippen LogP contribution >= 0.6 is 15.9 Å². The van der Waals surface area contributed by atoms with Crippen molar-refractivity contribution in [2.75, 3.05) is 37.6 Å². The fourth-order valence-electron chi connectivity index (χ4n) is 2.58. The quantitative estimate of drug-likeness (QED) is 0.929. The predicted molar refractivity (Wildman–Crippen MR) is 81.2 cm³/mol. The molecular formula is C14H22BrN3. The first-order valence-corrected chi connectivity index (χ1v) is 7.36. The smallest absolute Gasteiger partial charge is 0.0511 e. The van der Waals surface area contributed by atoms with Crippen LogP contribution in [-0.2, 0) is 0 Å². The molecule has 0 bridgehead atoms. The van der Waals surface area contributed by atoms with E-state index in [1.807, 2.05) is 0 Å². The summed E-state index contributed by atoms with van der Waals surface area (Å²) < 4.78 is 1.20. The number of hydrogen-bond donors (Lipinski definition) is 1. The molecule has 1 aliphatic rings. The summed E-state index contributed by atoms with van der Waals surface area (Å²) in [4.78, 5) is 4.93. The van der Waals surface area contributed by atoms with Crippen molar-refractivity contribution < 1.29 is 0 Å². The Morgan fingerprint density at radius 1 is 1.39 bits per heavy atom. The highest BCUT2D eigenvalue weighted by Gasteiger charge is 2.23. The molecule has 1 heterocycles. The summed E-state index contributed by atoms with van der Waals surface area (Å²) in [5, 5.41) is 0. The molecule has 0 radical (unpaired) electrons. The molecular weight excluding hydrogens is 290 g/mol. The van der Waals surface area contributed by atoms with Crippen LogP contribution in [0.1, 0.15) is 12.5 Å². The molecule has 2 N–H and O–H groups in total. The number of hydrogen-bond acceptors (Lipinski definition) is 3. The van der Waals surface area contributed by atoms with Gasteiger partial charge in [-0.15, -0.1) is 0 Å². The lowest BCUT2D eigenvalue weighted by Crippen LogP contribution is -2.53. The lowest BCUT2D eigenvalue weighted by atomic mass is 10.1. The van der Waals surface area contributed by atoms with E-state index in [-0.39, 0.29) is 0 Å². The molecule has 1 atom stereocenters. The monoisotopic (exact) mass is 311 g/mol. The van der Waals surface area contributed by atoms with Crippen LogP contribution in [0.5, 0.6) is 0 Å². The maximum atomic E-state index is 5.65. The van der Waals surface area contributed by atoms with Crippen LogP contribution < -0.4 is 10.6 Å². The number of halogens is 1. The summed E-state index contributed by atoms with van der Waals surface area (Å²) in [6.45, 7) is 9.40. The second-order valence-corrected chi connectivity index (χ2v) is 5.93. The molecule has 0 aliphatic carbocycles. The molecule has 1 saturated heterocycles. The third-order valence-electron chi connectivity index (χ3n) is 3.63. The topological polar surface area (TPSA) is 32.5 Å². The predicted octanol–water partition coefficient (Wildman–Crippen LogP) is 2.23. The molecule has 1 aromatic rings. The standard InChI is InChI=1S/C14H22BrN3/c1-11-3-4-14(13(15)9-11)18-8-7-17(6-5-16)12(2)10-18/h3-4,9,12H,5-8,10,16H2,1-2H3. The van der Waals surface area contributed by atoms with Gasteiger partial charge < -0.3 is 10.6 Å². The summed E-state index contributed by atoms with van der Waals surface area (Å²) in [5.41, 5.74) is 8.24. The van der Waals surface area contributed by atoms with Gasteiger partial charge in [0.1, 0.15) is 0 Å². The summed E-state index contributed by atoms with van der Waals surface area (Å²) in [6, 6.07) is 7.14. The Kier molecular flexibility index (Phi) is 4.65. The lowest BCUT2D eigenvalue weighted by molar-refractivity contribution is 0.195. The number of nitrogens with zero attached hydrogens (tertiary/aromatic N) is 2. The summed E-state index contributed by atoms with van der Waals surface area (Å²) in [5.74, 6) is 0. The fourth-order valence-corrected chi connectivity index (χ4v) is 3.32. The van der Waals surface area contributed by atoms with Gasteiger partial charge in [-0.05, 0) is 47.5 Å². The van der Waals surface area contributed by atoms with Crippen LogP contribution in [0.2, 0.25) is 0 Å². The van der Waals surface area contributed by atoms with E-state index in [0.29, 0.717) is 6.04 Å². The van der Waals surface area contributed by atoms with Crippen LogP contribution in [0.25, 0.3) is 0 Å². The van der Waals surface area contributed by atoms with Crippen molar-refractivity contribution in [1.29, 1.82) is 0 Å². The first kappa shape index (κ1) is 13.8. The van der Waals surface area contributed by atoms with Gasteiger partial charge in [-0.2, -0.15) is 0 Å². The summed E-state index contributed by atoms with van der Waals surface area (Å²) in [7, 11) is 0. The Morgan fingerprint density at radius 2 is 2.17 bits per heavy atom. The van der Waals surface area contributed by atoms with Gasteiger partial charge in [0.25, 0.3) is 0 Å². The highest BCUT2D eigenvalue weighted by Crippen LogP contribution is 2.28. The van der Waals surface area contributed by atoms with Crippen molar-refractivity contribution in [3.05, 3.63) is 28.2 Å². The number of anilines is 1. The molecule has 1 unspecified atom stereocenters. The first-order chi connectivity index (χ1) is 8.61. The largest absolute Gasteiger partial charge is 0.368 e. The summed E-state index contributed by atoms with van der Waals surface area (Å²) in [6.07, 6.45) is 0. The van der Waals surface area contributed by atoms with Gasteiger partial charge in [0, 0.05) is 43.2 Å². The van der Waals surface area contributed by atoms with E-state index >= 15 is 0 Å². The zero-order valence-electron chi connectivity index (χ0n) is 11.2. The molecule has 1 aromatic carbocycles. The van der Waals surface area contributed by atoms with Gasteiger partial charge in [0.2, 0.25) is 0 Å². The SMILES string of the molecule is Cc1ccc(N2CCN(CCN)C(C)C2)c(Br)c1. The van der Waals surface area contributed by atoms with E-state index in [2.05, 4.69) is 57.8 Å². The molecule has 1 aliphatic heterocycles. The van der Waals surface area contributed by atoms with Crippen molar-refractivity contribution in [1.82, 2.24) is 4.90 Å². The van der Waals surface area contributed by atoms with Gasteiger partial charge in [0.05, 0.1) is 5.69 Å². The number of benzene rings is 1. The highest BCUT2D eigenvalue weighted by molar-refractivity contribution is 9.10. The number of piperazine rings is 1. The Balaban J connectivity index is 2.07. The minimum absolute atomic E-state index is 0.565. The molecule has 3 nitrogen and oxygen atoms in total. The van der Waals surface area contributed by atoms with E-state index in [9.17, 15) is 0 Å². The molecule has 2 rings (SSSR count). The van der Waals surface area contributed by atoms with Gasteiger partial charge in [-0.1, -0.05) is 6.07 Å². The minimum Gasteiger partial charge on any atom is -0.368 e. The van der Waals surface area contributed by atoms with Crippen LogP contribution in [-0.4, -0.2) is 43.7 Å². The third-order valence-corrected chi connectivity index (χ3v) is 4.26. The minimum atomic E-state index is 0.565. The van der Waals surface area contributed by atoms with E-state index in [0.717, 1.165) is 32.7 Å². The molecule has 0 amide bonds. The average molecular weight is 312 g/mol. The lowest BCUT2D eigenvalue weighted by Gasteiger charge is -2.41. The second kappa shape index (κ2) is 6.04. The normalized spacial score (nSPS) is 21.3. The van der Waals surface area contributed by atoms with Gasteiger partial charge in [-0.25, -0.2) is 0 Å². The Morgan fingerprint density at radius 3 is 2.78 bits per heavy atom. The van der Waals surface area contributed by atoms with Crippen molar-refractivity contribution in [3.8, 4) is 0 Å². The van der Waals surface area contributed by atoms with Crippen LogP contribution in [0.15, 0.2) is 22.7 Å². The van der Waals surface area contributed by atoms with Gasteiger partial charge >= 0.3 is 0 Å². The van der Waals surface area contributed by atoms with Crippen molar-refractivity contribution >= 4 is 21.6 Å². The van der Waals surface area contributed by atoms with Crippen molar-refractivity contribution in [3.63, 3.8) is 0 Å². The van der Waals surface area contributed by atoms with Crippen LogP contribution in [0.4, 0.5) is 5.69 Å². The van der Waals surface area contributed by atoms with Crippen molar-refractivity contribution in [2.24, 2.45) is 5.73 Å². The zero-order valence-corrected chi connectivity index (χ0v) is 12.8. The van der Waals surface area contributed by atoms with E-state index < -0.39 is 0 Å². The van der Waals surface area contributed by atoms with Crippen molar-refractivity contribution in [2.45, 2.75) is 19.9 Å². The van der Waals surface area contributed by atoms with Gasteiger partial charge in [0.15, 0.2) is 0 Å². The second-order valence-electron chi connectivity index (χ2n) is 5.07. The van der Waals surface area contributed by atoms with Crippen LogP contribution in [0, 0.1) is 6.92 Å². The maximum absolute atomic E-state index is 5.65. The molecule has 18 heavy (non-hydrogen) atoms. The van der Waals surface area contributed by atoms with E-state index in [4.69, 9.17) is 5.73 Å². The van der Waals surface area contributed by atoms with E-state index in [1.165, 1.54) is 15.7 Å². The molecule has 0 saturated carbocycles. The molecule has 0 spiro atoms. The number of nitrogens with two attached hydrogens (primary N) is 1. The maximum Gasteiger partial charge on any atom is 0.0511 e. The van der Waals surface area contributed by atoms with Crippen LogP contribution in [0.3, 0.4) is 0 Å². The highest BCUT2D eigenvalue weighted by atomic mass is 79.9. The number of rotatable bonds is 3. The molecule has 100 valence electrons. The first-order valence-electron chi connectivity index (χ1n) is 6.57. The average Bonchev–Trinajstić information content (AvgIpc) is 2.32. The van der Waals surface area contributed by atoms with E-state index in [1.54, 1.807) is 0 Å². The Labute approximate surface area is 118 Å². The zero-order chi connectivity index (χ0) is 13.1. The molecule has 1 fully saturated rings. The number of aryl methyl sites for hydroxylation is 1. The Bertz CT molecular complexity index is 408. The fraction of sp³-hybridized carbons (Fsp3) is 0.571. The molecule has 0 aromatic heterocycles. The third kappa shape index (κ3) is 3.05. The summed E-state index contributed by atoms with van der Waals surface area (Å²) >= 11 is 3.67. The molecule has 4 heteroatoms. The Hall–Kier alpha value is -0.580.